The van der Waals surface area contributed by atoms with Crippen LogP contribution in [0.3, 0.4) is 0 Å². The summed E-state index contributed by atoms with van der Waals surface area (Å²) < 4.78 is 20.6. The van der Waals surface area contributed by atoms with Gasteiger partial charge in [0, 0.05) is 18.1 Å². The Balaban J connectivity index is 2.08. The molecule has 0 unspecified atom stereocenters. The zero-order valence-electron chi connectivity index (χ0n) is 13.6. The van der Waals surface area contributed by atoms with Crippen LogP contribution in [0.5, 0.6) is 0 Å². The fraction of sp³-hybridized carbons (Fsp3) is 0.118. The zero-order valence-corrected chi connectivity index (χ0v) is 14.4. The van der Waals surface area contributed by atoms with Crippen molar-refractivity contribution < 1.29 is 4.21 Å². The number of pyridine rings is 1. The monoisotopic (exact) mass is 353 g/mol. The minimum Gasteiger partial charge on any atom is -0.293 e. The van der Waals surface area contributed by atoms with Crippen molar-refractivity contribution in [1.82, 2.24) is 14.8 Å². The summed E-state index contributed by atoms with van der Waals surface area (Å²) >= 11 is 0. The van der Waals surface area contributed by atoms with Gasteiger partial charge in [0.1, 0.15) is 0 Å². The minimum absolute atomic E-state index is 0.273. The van der Waals surface area contributed by atoms with Crippen molar-refractivity contribution in [2.45, 2.75) is 11.8 Å². The Morgan fingerprint density at radius 1 is 1.24 bits per heavy atom. The van der Waals surface area contributed by atoms with E-state index in [-0.39, 0.29) is 5.56 Å². The van der Waals surface area contributed by atoms with Crippen LogP contribution in [-0.4, -0.2) is 25.2 Å². The molecule has 0 aliphatic rings. The van der Waals surface area contributed by atoms with Gasteiger partial charge < -0.3 is 0 Å². The van der Waals surface area contributed by atoms with Crippen molar-refractivity contribution in [2.24, 2.45) is 0 Å². The number of rotatable bonds is 3. The Hall–Kier alpha value is -3.18. The van der Waals surface area contributed by atoms with Crippen LogP contribution >= 0.6 is 0 Å². The number of benzene rings is 1. The fourth-order valence-electron chi connectivity index (χ4n) is 2.49. The standard InChI is InChI=1S/C17H15N5O2S/c1-11-16(13-5-3-12(9-18)4-6-13)17(23)22(21-11)15-8-7-14(10-20-15)25(2,19)24/h3-8,10,19,21H,1-2H3/t25-/m0/s1. The van der Waals surface area contributed by atoms with Gasteiger partial charge in [0.05, 0.1) is 31.8 Å². The SMILES string of the molecule is Cc1[nH]n(-c2ccc([S@@](C)(=N)=O)cn2)c(=O)c1-c1ccc(C#N)cc1. The molecule has 2 heterocycles. The van der Waals surface area contributed by atoms with Gasteiger partial charge in [-0.3, -0.25) is 9.89 Å². The number of aryl methyl sites for hydroxylation is 1. The van der Waals surface area contributed by atoms with Crippen LogP contribution in [0.2, 0.25) is 0 Å². The molecule has 2 N–H and O–H groups in total. The van der Waals surface area contributed by atoms with Gasteiger partial charge in [-0.25, -0.2) is 18.7 Å². The van der Waals surface area contributed by atoms with E-state index < -0.39 is 9.73 Å². The van der Waals surface area contributed by atoms with Crippen LogP contribution < -0.4 is 5.56 Å². The van der Waals surface area contributed by atoms with E-state index in [1.807, 2.05) is 6.07 Å². The third-order valence-electron chi connectivity index (χ3n) is 3.77. The molecule has 3 rings (SSSR count). The van der Waals surface area contributed by atoms with Crippen LogP contribution in [-0.2, 0) is 9.73 Å². The van der Waals surface area contributed by atoms with E-state index in [9.17, 15) is 9.00 Å². The van der Waals surface area contributed by atoms with E-state index in [4.69, 9.17) is 10.0 Å². The molecule has 8 heteroatoms. The Morgan fingerprint density at radius 2 is 1.92 bits per heavy atom. The zero-order chi connectivity index (χ0) is 18.2. The van der Waals surface area contributed by atoms with Gasteiger partial charge in [0.2, 0.25) is 0 Å². The van der Waals surface area contributed by atoms with E-state index in [0.717, 1.165) is 0 Å². The summed E-state index contributed by atoms with van der Waals surface area (Å²) in [5.41, 5.74) is 2.12. The highest BCUT2D eigenvalue weighted by molar-refractivity contribution is 7.91. The molecule has 0 spiro atoms. The Kier molecular flexibility index (Phi) is 4.02. The second-order valence-electron chi connectivity index (χ2n) is 5.64. The van der Waals surface area contributed by atoms with E-state index >= 15 is 0 Å². The van der Waals surface area contributed by atoms with E-state index in [1.54, 1.807) is 37.3 Å². The predicted molar refractivity (Wildman–Crippen MR) is 94.1 cm³/mol. The van der Waals surface area contributed by atoms with Crippen molar-refractivity contribution in [3.05, 3.63) is 64.2 Å². The number of nitrogens with zero attached hydrogens (tertiary/aromatic N) is 3. The van der Waals surface area contributed by atoms with Crippen molar-refractivity contribution in [3.63, 3.8) is 0 Å². The summed E-state index contributed by atoms with van der Waals surface area (Å²) in [7, 11) is -2.85. The fourth-order valence-corrected chi connectivity index (χ4v) is 3.08. The lowest BCUT2D eigenvalue weighted by atomic mass is 10.1. The molecule has 0 aliphatic carbocycles. The summed E-state index contributed by atoms with van der Waals surface area (Å²) in [5.74, 6) is 0.348. The Labute approximate surface area is 144 Å². The number of nitrogens with one attached hydrogen (secondary N) is 2. The highest BCUT2D eigenvalue weighted by Gasteiger charge is 2.15. The number of H-pyrrole nitrogens is 1. The third-order valence-corrected chi connectivity index (χ3v) is 4.91. The number of nitriles is 1. The van der Waals surface area contributed by atoms with Crippen molar-refractivity contribution in [1.29, 1.82) is 10.0 Å². The molecule has 2 aromatic heterocycles. The van der Waals surface area contributed by atoms with Gasteiger partial charge in [0.15, 0.2) is 5.82 Å². The van der Waals surface area contributed by atoms with Gasteiger partial charge >= 0.3 is 0 Å². The number of hydrogen-bond acceptors (Lipinski definition) is 5. The molecule has 0 aliphatic heterocycles. The average Bonchev–Trinajstić information content (AvgIpc) is 2.89. The first-order valence-electron chi connectivity index (χ1n) is 7.33. The number of aromatic amines is 1. The third kappa shape index (κ3) is 3.09. The maximum Gasteiger partial charge on any atom is 0.280 e. The first-order chi connectivity index (χ1) is 11.8. The molecular weight excluding hydrogens is 338 g/mol. The smallest absolute Gasteiger partial charge is 0.280 e. The van der Waals surface area contributed by atoms with Crippen molar-refractivity contribution in [2.75, 3.05) is 6.26 Å². The van der Waals surface area contributed by atoms with Crippen LogP contribution in [0.25, 0.3) is 16.9 Å². The number of aromatic nitrogens is 3. The lowest BCUT2D eigenvalue weighted by molar-refractivity contribution is 0.678. The normalized spacial score (nSPS) is 13.2. The topological polar surface area (TPSA) is 115 Å². The molecule has 0 amide bonds. The van der Waals surface area contributed by atoms with Gasteiger partial charge in [-0.2, -0.15) is 5.26 Å². The molecule has 7 nitrogen and oxygen atoms in total. The highest BCUT2D eigenvalue weighted by atomic mass is 32.2. The summed E-state index contributed by atoms with van der Waals surface area (Å²) in [6, 6.07) is 11.9. The largest absolute Gasteiger partial charge is 0.293 e. The lowest BCUT2D eigenvalue weighted by Crippen LogP contribution is -2.17. The second kappa shape index (κ2) is 6.03. The summed E-state index contributed by atoms with van der Waals surface area (Å²) in [6.45, 7) is 1.78. The lowest BCUT2D eigenvalue weighted by Gasteiger charge is -2.03. The molecule has 0 bridgehead atoms. The van der Waals surface area contributed by atoms with Gasteiger partial charge in [-0.15, -0.1) is 0 Å². The molecule has 3 aromatic rings. The van der Waals surface area contributed by atoms with E-state index in [2.05, 4.69) is 10.1 Å². The highest BCUT2D eigenvalue weighted by Crippen LogP contribution is 2.20. The Bertz CT molecular complexity index is 1130. The maximum absolute atomic E-state index is 12.8. The molecule has 0 radical (unpaired) electrons. The minimum atomic E-state index is -2.85. The molecule has 25 heavy (non-hydrogen) atoms. The van der Waals surface area contributed by atoms with E-state index in [0.29, 0.717) is 33.1 Å². The van der Waals surface area contributed by atoms with Gasteiger partial charge in [-0.05, 0) is 36.8 Å². The Morgan fingerprint density at radius 3 is 2.44 bits per heavy atom. The molecule has 0 fully saturated rings. The average molecular weight is 353 g/mol. The summed E-state index contributed by atoms with van der Waals surface area (Å²) in [4.78, 5) is 17.2. The maximum atomic E-state index is 12.8. The molecule has 0 saturated heterocycles. The van der Waals surface area contributed by atoms with Crippen LogP contribution in [0.4, 0.5) is 0 Å². The first-order valence-corrected chi connectivity index (χ1v) is 9.30. The van der Waals surface area contributed by atoms with Gasteiger partial charge in [-0.1, -0.05) is 12.1 Å². The van der Waals surface area contributed by atoms with Crippen LogP contribution in [0.1, 0.15) is 11.3 Å². The molecular formula is C17H15N5O2S. The second-order valence-corrected chi connectivity index (χ2v) is 7.80. The summed E-state index contributed by atoms with van der Waals surface area (Å²) in [6.07, 6.45) is 2.66. The number of hydrogen-bond donors (Lipinski definition) is 2. The van der Waals surface area contributed by atoms with E-state index in [1.165, 1.54) is 23.2 Å². The predicted octanol–water partition coefficient (Wildman–Crippen LogP) is 2.44. The van der Waals surface area contributed by atoms with Gasteiger partial charge in [0.25, 0.3) is 5.56 Å². The molecule has 126 valence electrons. The first kappa shape index (κ1) is 16.7. The quantitative estimate of drug-likeness (QED) is 0.752. The molecule has 1 atom stereocenters. The van der Waals surface area contributed by atoms with Crippen LogP contribution in [0, 0.1) is 23.0 Å². The van der Waals surface area contributed by atoms with Crippen molar-refractivity contribution >= 4 is 9.73 Å². The van der Waals surface area contributed by atoms with Crippen LogP contribution in [0.15, 0.2) is 52.3 Å². The summed E-state index contributed by atoms with van der Waals surface area (Å²) in [5, 5.41) is 11.8. The molecule has 0 saturated carbocycles. The van der Waals surface area contributed by atoms with Crippen molar-refractivity contribution in [3.8, 4) is 23.0 Å². The molecule has 1 aromatic carbocycles.